The van der Waals surface area contributed by atoms with Crippen molar-refractivity contribution in [2.45, 2.75) is 12.3 Å². The van der Waals surface area contributed by atoms with Crippen molar-refractivity contribution in [2.24, 2.45) is 0 Å². The van der Waals surface area contributed by atoms with Crippen molar-refractivity contribution >= 4 is 5.91 Å². The Balaban J connectivity index is 1.88. The molecule has 0 aromatic heterocycles. The van der Waals surface area contributed by atoms with E-state index in [4.69, 9.17) is 4.74 Å². The molecule has 0 atom stereocenters. The molecule has 0 radical (unpaired) electrons. The van der Waals surface area contributed by atoms with Crippen LogP contribution in [0.2, 0.25) is 0 Å². The predicted octanol–water partition coefficient (Wildman–Crippen LogP) is 2.48. The van der Waals surface area contributed by atoms with Crippen molar-refractivity contribution in [2.75, 3.05) is 13.1 Å². The third kappa shape index (κ3) is 3.07. The minimum absolute atomic E-state index is 0.174. The van der Waals surface area contributed by atoms with E-state index >= 15 is 0 Å². The average Bonchev–Trinajstić information content (AvgIpc) is 2.32. The number of ether oxygens (including phenoxy) is 1. The zero-order chi connectivity index (χ0) is 14.0. The van der Waals surface area contributed by atoms with Crippen LogP contribution in [0.5, 0.6) is 5.75 Å². The van der Waals surface area contributed by atoms with Gasteiger partial charge in [0, 0.05) is 0 Å². The fraction of sp³-hybridized carbons (Fsp3) is 0.308. The second-order valence-electron chi connectivity index (χ2n) is 4.21. The lowest BCUT2D eigenvalue weighted by Gasteiger charge is -2.38. The third-order valence-electron chi connectivity index (χ3n) is 2.82. The van der Waals surface area contributed by atoms with Crippen molar-refractivity contribution < 1.29 is 22.7 Å². The lowest BCUT2D eigenvalue weighted by molar-refractivity contribution is -0.138. The molecule has 0 bridgehead atoms. The van der Waals surface area contributed by atoms with Gasteiger partial charge in [-0.1, -0.05) is 6.58 Å². The van der Waals surface area contributed by atoms with Gasteiger partial charge in [-0.05, 0) is 30.3 Å². The molecule has 1 aliphatic heterocycles. The van der Waals surface area contributed by atoms with Crippen molar-refractivity contribution in [3.8, 4) is 5.75 Å². The summed E-state index contributed by atoms with van der Waals surface area (Å²) in [7, 11) is 0. The molecule has 3 nitrogen and oxygen atoms in total. The second kappa shape index (κ2) is 4.95. The Morgan fingerprint density at radius 2 is 1.89 bits per heavy atom. The highest BCUT2D eigenvalue weighted by Crippen LogP contribution is 2.30. The summed E-state index contributed by atoms with van der Waals surface area (Å²) in [6, 6.07) is 4.50. The van der Waals surface area contributed by atoms with E-state index in [-0.39, 0.29) is 12.0 Å². The van der Waals surface area contributed by atoms with Crippen LogP contribution in [0, 0.1) is 0 Å². The van der Waals surface area contributed by atoms with Gasteiger partial charge in [0.05, 0.1) is 18.7 Å². The third-order valence-corrected chi connectivity index (χ3v) is 2.82. The van der Waals surface area contributed by atoms with Crippen molar-refractivity contribution in [1.82, 2.24) is 4.90 Å². The van der Waals surface area contributed by atoms with Gasteiger partial charge in [0.2, 0.25) is 5.91 Å². The Morgan fingerprint density at radius 1 is 1.32 bits per heavy atom. The summed E-state index contributed by atoms with van der Waals surface area (Å²) in [5, 5.41) is 0. The molecule has 1 aromatic rings. The van der Waals surface area contributed by atoms with E-state index in [1.165, 1.54) is 18.2 Å². The summed E-state index contributed by atoms with van der Waals surface area (Å²) >= 11 is 0. The SMILES string of the molecule is C=CC(=O)N1CC(Oc2ccc(C(F)(F)F)cc2)C1. The van der Waals surface area contributed by atoms with E-state index in [1.807, 2.05) is 0 Å². The van der Waals surface area contributed by atoms with Crippen LogP contribution in [0.4, 0.5) is 13.2 Å². The molecule has 0 spiro atoms. The molecule has 0 aliphatic carbocycles. The standard InChI is InChI=1S/C13H12F3NO2/c1-2-12(18)17-7-11(8-17)19-10-5-3-9(4-6-10)13(14,15)16/h2-6,11H,1,7-8H2. The van der Waals surface area contributed by atoms with Gasteiger partial charge < -0.3 is 9.64 Å². The van der Waals surface area contributed by atoms with Crippen molar-refractivity contribution in [1.29, 1.82) is 0 Å². The lowest BCUT2D eigenvalue weighted by atomic mass is 10.1. The summed E-state index contributed by atoms with van der Waals surface area (Å²) in [6.45, 7) is 4.21. The minimum Gasteiger partial charge on any atom is -0.487 e. The van der Waals surface area contributed by atoms with Gasteiger partial charge in [-0.2, -0.15) is 13.2 Å². The summed E-state index contributed by atoms with van der Waals surface area (Å²) in [5.41, 5.74) is -0.711. The first-order valence-electron chi connectivity index (χ1n) is 5.65. The number of carbonyl (C=O) groups excluding carboxylic acids is 1. The maximum Gasteiger partial charge on any atom is 0.416 e. The first-order valence-corrected chi connectivity index (χ1v) is 5.65. The molecule has 1 saturated heterocycles. The van der Waals surface area contributed by atoms with Gasteiger partial charge >= 0.3 is 6.18 Å². The molecule has 1 heterocycles. The van der Waals surface area contributed by atoms with Crippen LogP contribution in [-0.4, -0.2) is 30.0 Å². The normalized spacial score (nSPS) is 15.8. The number of alkyl halides is 3. The van der Waals surface area contributed by atoms with Gasteiger partial charge in [-0.25, -0.2) is 0 Å². The molecule has 1 aliphatic rings. The number of amides is 1. The fourth-order valence-electron chi connectivity index (χ4n) is 1.74. The minimum atomic E-state index is -4.35. The van der Waals surface area contributed by atoms with E-state index < -0.39 is 11.7 Å². The monoisotopic (exact) mass is 271 g/mol. The summed E-state index contributed by atoms with van der Waals surface area (Å²) in [4.78, 5) is 12.7. The molecule has 0 unspecified atom stereocenters. The number of likely N-dealkylation sites (tertiary alicyclic amines) is 1. The molecule has 2 rings (SSSR count). The Kier molecular flexibility index (Phi) is 3.50. The molecular weight excluding hydrogens is 259 g/mol. The van der Waals surface area contributed by atoms with Gasteiger partial charge in [0.1, 0.15) is 11.9 Å². The maximum atomic E-state index is 12.3. The van der Waals surface area contributed by atoms with Crippen LogP contribution >= 0.6 is 0 Å². The second-order valence-corrected chi connectivity index (χ2v) is 4.21. The first-order chi connectivity index (χ1) is 8.90. The summed E-state index contributed by atoms with van der Waals surface area (Å²) < 4.78 is 42.5. The summed E-state index contributed by atoms with van der Waals surface area (Å²) in [5.74, 6) is 0.191. The van der Waals surface area contributed by atoms with E-state index in [2.05, 4.69) is 6.58 Å². The largest absolute Gasteiger partial charge is 0.487 e. The molecule has 1 fully saturated rings. The Labute approximate surface area is 108 Å². The molecule has 6 heteroatoms. The molecule has 1 aromatic carbocycles. The van der Waals surface area contributed by atoms with E-state index in [0.717, 1.165) is 12.1 Å². The average molecular weight is 271 g/mol. The van der Waals surface area contributed by atoms with Gasteiger partial charge in [0.25, 0.3) is 0 Å². The Bertz CT molecular complexity index is 476. The Hall–Kier alpha value is -1.98. The van der Waals surface area contributed by atoms with E-state index in [0.29, 0.717) is 18.8 Å². The molecule has 19 heavy (non-hydrogen) atoms. The van der Waals surface area contributed by atoms with Gasteiger partial charge in [-0.15, -0.1) is 0 Å². The molecule has 0 saturated carbocycles. The first kappa shape index (κ1) is 13.5. The number of nitrogens with zero attached hydrogens (tertiary/aromatic N) is 1. The van der Waals surface area contributed by atoms with Crippen LogP contribution in [0.25, 0.3) is 0 Å². The smallest absolute Gasteiger partial charge is 0.416 e. The number of carbonyl (C=O) groups is 1. The number of halogens is 3. The topological polar surface area (TPSA) is 29.5 Å². The number of hydrogen-bond acceptors (Lipinski definition) is 2. The van der Waals surface area contributed by atoms with Crippen LogP contribution in [0.3, 0.4) is 0 Å². The van der Waals surface area contributed by atoms with E-state index in [1.54, 1.807) is 4.90 Å². The molecule has 102 valence electrons. The lowest BCUT2D eigenvalue weighted by Crippen LogP contribution is -2.55. The predicted molar refractivity (Wildman–Crippen MR) is 62.6 cm³/mol. The van der Waals surface area contributed by atoms with Crippen molar-refractivity contribution in [3.63, 3.8) is 0 Å². The molecular formula is C13H12F3NO2. The molecule has 0 N–H and O–H groups in total. The highest BCUT2D eigenvalue weighted by Gasteiger charge is 2.32. The van der Waals surface area contributed by atoms with Crippen LogP contribution < -0.4 is 4.74 Å². The van der Waals surface area contributed by atoms with E-state index in [9.17, 15) is 18.0 Å². The fourth-order valence-corrected chi connectivity index (χ4v) is 1.74. The van der Waals surface area contributed by atoms with Crippen LogP contribution in [-0.2, 0) is 11.0 Å². The zero-order valence-electron chi connectivity index (χ0n) is 9.98. The molecule has 1 amide bonds. The van der Waals surface area contributed by atoms with Gasteiger partial charge in [0.15, 0.2) is 0 Å². The van der Waals surface area contributed by atoms with Crippen LogP contribution in [0.1, 0.15) is 5.56 Å². The van der Waals surface area contributed by atoms with Crippen LogP contribution in [0.15, 0.2) is 36.9 Å². The maximum absolute atomic E-state index is 12.3. The Morgan fingerprint density at radius 3 is 2.37 bits per heavy atom. The quantitative estimate of drug-likeness (QED) is 0.790. The number of rotatable bonds is 3. The number of hydrogen-bond donors (Lipinski definition) is 0. The highest BCUT2D eigenvalue weighted by molar-refractivity contribution is 5.87. The number of benzene rings is 1. The van der Waals surface area contributed by atoms with Gasteiger partial charge in [-0.3, -0.25) is 4.79 Å². The summed E-state index contributed by atoms with van der Waals surface area (Å²) in [6.07, 6.45) is -3.31. The van der Waals surface area contributed by atoms with Crippen molar-refractivity contribution in [3.05, 3.63) is 42.5 Å². The zero-order valence-corrected chi connectivity index (χ0v) is 9.98. The highest BCUT2D eigenvalue weighted by atomic mass is 19.4.